The van der Waals surface area contributed by atoms with Crippen LogP contribution in [0.15, 0.2) is 330 Å². The Morgan fingerprint density at radius 3 is 1.26 bits per heavy atom. The Bertz CT molecular complexity index is 4700. The maximum absolute atomic E-state index is 12.0. The molecule has 0 saturated heterocycles. The molecule has 10 aromatic carbocycles. The maximum atomic E-state index is 12.0. The van der Waals surface area contributed by atoms with E-state index in [2.05, 4.69) is 122 Å². The normalized spacial score (nSPS) is 12.4. The number of nitrogens with two attached hydrogens (primary N) is 1. The predicted molar refractivity (Wildman–Crippen MR) is 476 cm³/mol. The molecule has 28 heteroatoms. The van der Waals surface area contributed by atoms with Gasteiger partial charge in [-0.1, -0.05) is 335 Å². The van der Waals surface area contributed by atoms with Crippen LogP contribution in [-0.4, -0.2) is 107 Å². The summed E-state index contributed by atoms with van der Waals surface area (Å²) in [6, 6.07) is 102. The zero-order chi connectivity index (χ0) is 87.6. The topological polar surface area (TPSA) is 363 Å². The number of rotatable bonds is 30. The summed E-state index contributed by atoms with van der Waals surface area (Å²) < 4.78 is 18.6. The SMILES string of the molecule is C.C=Cc1ccccc1.CCOC(=O)/C(Cl)=N/NCc1ccccc1.CCOC(=O)/C=N/NCc1ccccc1.CCOC(=O)C1=NN(Cc2ccccc2)C(c2ccccc2)C1.CCOC(=O)C=O.N#CCC(NCc1ccccc1)c1ccccc1.NNCc1ccccc1.O=C(O)C1=NN(Cc2ccccc2)C(c2ccccc2)C1.O=CO[O-].[K+]. The summed E-state index contributed by atoms with van der Waals surface area (Å²) in [5.74, 6) is 2.00. The van der Waals surface area contributed by atoms with Crippen LogP contribution < -0.4 is 84.1 Å². The molecule has 3 unspecified atom stereocenters. The first kappa shape index (κ1) is 107. The number of hydrogen-bond donors (Lipinski definition) is 6. The quantitative estimate of drug-likeness (QED) is 0.00280. The van der Waals surface area contributed by atoms with Gasteiger partial charge in [-0.3, -0.25) is 30.9 Å². The van der Waals surface area contributed by atoms with Crippen molar-refractivity contribution in [3.63, 3.8) is 0 Å². The minimum Gasteiger partial charge on any atom is -0.662 e. The van der Waals surface area contributed by atoms with Gasteiger partial charge in [0.25, 0.3) is 6.47 Å². The Balaban J connectivity index is 0.000000484. The molecular weight excluding hydrogens is 1610 g/mol. The molecule has 2 aliphatic heterocycles. The van der Waals surface area contributed by atoms with E-state index in [0.29, 0.717) is 64.4 Å². The van der Waals surface area contributed by atoms with E-state index in [1.807, 2.05) is 278 Å². The number of hydrogen-bond acceptors (Lipinski definition) is 25. The van der Waals surface area contributed by atoms with Crippen LogP contribution in [0.4, 0.5) is 0 Å². The van der Waals surface area contributed by atoms with Gasteiger partial charge in [-0.25, -0.2) is 24.0 Å². The Morgan fingerprint density at radius 1 is 0.537 bits per heavy atom. The number of nitriles is 1. The molecule has 640 valence electrons. The number of ether oxygens (including phenoxy) is 4. The van der Waals surface area contributed by atoms with Gasteiger partial charge < -0.3 is 50.4 Å². The van der Waals surface area contributed by atoms with Crippen molar-refractivity contribution in [3.05, 3.63) is 366 Å². The average molecular weight is 1720 g/mol. The van der Waals surface area contributed by atoms with Crippen LogP contribution in [0.2, 0.25) is 0 Å². The number of nitrogens with zero attached hydrogens (tertiary/aromatic N) is 7. The summed E-state index contributed by atoms with van der Waals surface area (Å²) in [5.41, 5.74) is 20.2. The number of aliphatic carboxylic acids is 1. The summed E-state index contributed by atoms with van der Waals surface area (Å²) >= 11 is 5.59. The monoisotopic (exact) mass is 1710 g/mol. The van der Waals surface area contributed by atoms with Crippen LogP contribution in [0, 0.1) is 11.3 Å². The summed E-state index contributed by atoms with van der Waals surface area (Å²) in [6.07, 6.45) is 4.61. The third kappa shape index (κ3) is 46.8. The van der Waals surface area contributed by atoms with Crippen molar-refractivity contribution in [2.45, 2.75) is 112 Å². The molecule has 123 heavy (non-hydrogen) atoms. The van der Waals surface area contributed by atoms with Gasteiger partial charge in [0, 0.05) is 32.0 Å². The molecular formula is C95H108ClKN12O14. The number of carbonyl (C=O) groups is 7. The minimum atomic E-state index is -0.938. The van der Waals surface area contributed by atoms with Crippen molar-refractivity contribution in [1.82, 2.24) is 31.6 Å². The van der Waals surface area contributed by atoms with Gasteiger partial charge in [0.2, 0.25) is 11.5 Å². The van der Waals surface area contributed by atoms with E-state index >= 15 is 0 Å². The minimum absolute atomic E-state index is 0. The number of carboxylic acids is 1. The molecule has 2 heterocycles. The van der Waals surface area contributed by atoms with E-state index in [1.165, 1.54) is 22.3 Å². The van der Waals surface area contributed by atoms with Crippen LogP contribution in [0.1, 0.15) is 128 Å². The van der Waals surface area contributed by atoms with Crippen LogP contribution in [-0.2, 0) is 96.7 Å². The Hall–Kier alpha value is -12.4. The molecule has 3 atom stereocenters. The fraction of sp³-hybridized carbons (Fsp3) is 0.221. The number of hydrazine groups is 1. The number of esters is 4. The fourth-order valence-corrected chi connectivity index (χ4v) is 10.9. The van der Waals surface area contributed by atoms with Crippen LogP contribution >= 0.6 is 11.6 Å². The first-order chi connectivity index (χ1) is 59.1. The van der Waals surface area contributed by atoms with Crippen molar-refractivity contribution < 1.29 is 119 Å². The molecule has 0 amide bonds. The molecule has 0 radical (unpaired) electrons. The average Bonchev–Trinajstić information content (AvgIpc) is 1.68. The molecule has 0 saturated carbocycles. The molecule has 0 aliphatic carbocycles. The van der Waals surface area contributed by atoms with E-state index in [-0.39, 0.29) is 120 Å². The van der Waals surface area contributed by atoms with Gasteiger partial charge in [0.1, 0.15) is 17.6 Å². The first-order valence-corrected chi connectivity index (χ1v) is 39.0. The molecule has 0 aromatic heterocycles. The Morgan fingerprint density at radius 2 is 0.894 bits per heavy atom. The molecule has 12 rings (SSSR count). The largest absolute Gasteiger partial charge is 1.00 e. The van der Waals surface area contributed by atoms with E-state index in [0.717, 1.165) is 52.7 Å². The van der Waals surface area contributed by atoms with Crippen LogP contribution in [0.3, 0.4) is 0 Å². The van der Waals surface area contributed by atoms with Crippen molar-refractivity contribution in [2.75, 3.05) is 26.4 Å². The zero-order valence-corrected chi connectivity index (χ0v) is 73.0. The summed E-state index contributed by atoms with van der Waals surface area (Å²) in [7, 11) is 0. The molecule has 0 fully saturated rings. The fourth-order valence-electron chi connectivity index (χ4n) is 10.8. The third-order valence-electron chi connectivity index (χ3n) is 16.4. The summed E-state index contributed by atoms with van der Waals surface area (Å²) in [6.45, 7) is 15.5. The standard InChI is InChI=1S/C19H20N2O2.C17H16N2O2.C16H16N2.C11H13ClN2O2.C11H14N2O2.C8H8.C7H10N2.C4H6O3.CH2O3.CH4.K/c1-2-23-19(22)17-13-18(16-11-7-4-8-12-16)21(20-17)14-15-9-5-3-6-10-15;20-17(21)15-11-16(14-9-5-2-6-10-14)19(18-15)12-13-7-3-1-4-8-13;17-12-11-16(15-9-5-2-6-10-15)18-13-14-7-3-1-4-8-14;1-2-16-11(15)10(12)14-13-8-9-6-4-3-5-7-9;1-2-15-11(14)9-13-12-8-10-6-4-3-5-7-10;1-2-8-6-4-3-5-7-8;8-9-6-7-4-2-1-3-5-7;1-2-7-4(6)3-5;2-1-4-3;;/h3-12,18H,2,13-14H2,1H3;1-10,16H,11-12H2,(H,20,21);1-10,16,18H,11,13H2;3-7,13H,2,8H2,1H3;3-7,9,12H,2,8H2,1H3;2-7H,1H2;1-5,9H,6,8H2;3H,2H2,1H3;1,3H;1H4;/q;;;;;;;;;;+1/p-1/b;;;14-10-;13-9+;;;;;;. The predicted octanol–water partition coefficient (Wildman–Crippen LogP) is 12.1. The van der Waals surface area contributed by atoms with Gasteiger partial charge in [-0.05, 0) is 83.3 Å². The van der Waals surface area contributed by atoms with Gasteiger partial charge >= 0.3 is 81.2 Å². The number of carbonyl (C=O) groups excluding carboxylic acids is 6. The number of benzene rings is 10. The van der Waals surface area contributed by atoms with Crippen molar-refractivity contribution in [2.24, 2.45) is 26.2 Å². The van der Waals surface area contributed by atoms with Gasteiger partial charge in [0.15, 0.2) is 0 Å². The number of aldehydes is 1. The van der Waals surface area contributed by atoms with E-state index in [9.17, 15) is 33.9 Å². The summed E-state index contributed by atoms with van der Waals surface area (Å²) in [5, 5.41) is 49.9. The second kappa shape index (κ2) is 68.2. The smallest absolute Gasteiger partial charge is 0.662 e. The molecule has 26 nitrogen and oxygen atoms in total. The second-order valence-corrected chi connectivity index (χ2v) is 25.4. The van der Waals surface area contributed by atoms with Crippen molar-refractivity contribution >= 4 is 83.1 Å². The van der Waals surface area contributed by atoms with Crippen LogP contribution in [0.5, 0.6) is 0 Å². The van der Waals surface area contributed by atoms with Crippen molar-refractivity contribution in [1.29, 1.82) is 5.26 Å². The van der Waals surface area contributed by atoms with Gasteiger partial charge in [0.05, 0.1) is 77.2 Å². The number of carboxylic acid groups (broad SMARTS) is 1. The summed E-state index contributed by atoms with van der Waals surface area (Å²) in [4.78, 5) is 75.7. The molecule has 2 aliphatic rings. The third-order valence-corrected chi connectivity index (χ3v) is 16.7. The number of halogens is 1. The zero-order valence-electron chi connectivity index (χ0n) is 69.1. The van der Waals surface area contributed by atoms with Crippen molar-refractivity contribution in [3.8, 4) is 6.07 Å². The molecule has 7 N–H and O–H groups in total. The number of nitrogens with one attached hydrogen (secondary N) is 4. The Labute approximate surface area is 768 Å². The van der Waals surface area contributed by atoms with E-state index in [1.54, 1.807) is 20.8 Å². The molecule has 0 spiro atoms. The van der Waals surface area contributed by atoms with Gasteiger partial charge in [-0.2, -0.15) is 25.7 Å². The second-order valence-electron chi connectivity index (χ2n) is 25.1. The van der Waals surface area contributed by atoms with Crippen LogP contribution in [0.25, 0.3) is 6.08 Å². The van der Waals surface area contributed by atoms with Gasteiger partial charge in [-0.15, -0.1) is 0 Å². The number of hydrazone groups is 4. The Kier molecular flexibility index (Phi) is 59.2. The molecule has 0 bridgehead atoms. The molecule has 10 aromatic rings. The van der Waals surface area contributed by atoms with E-state index in [4.69, 9.17) is 37.5 Å². The maximum Gasteiger partial charge on any atom is 1.00 e. The van der Waals surface area contributed by atoms with E-state index < -0.39 is 23.9 Å². The first-order valence-electron chi connectivity index (χ1n) is 38.7.